The van der Waals surface area contributed by atoms with Crippen LogP contribution in [0.15, 0.2) is 0 Å². The first-order valence-corrected chi connectivity index (χ1v) is 5.93. The van der Waals surface area contributed by atoms with E-state index in [1.54, 1.807) is 0 Å². The summed E-state index contributed by atoms with van der Waals surface area (Å²) in [6.07, 6.45) is 5.96. The van der Waals surface area contributed by atoms with Gasteiger partial charge >= 0.3 is 0 Å². The first-order chi connectivity index (χ1) is 6.70. The highest BCUT2D eigenvalue weighted by Crippen LogP contribution is 2.30. The zero-order valence-electron chi connectivity index (χ0n) is 9.84. The van der Waals surface area contributed by atoms with Crippen LogP contribution < -0.4 is 0 Å². The van der Waals surface area contributed by atoms with Crippen molar-refractivity contribution in [2.24, 2.45) is 5.41 Å². The third kappa shape index (κ3) is 3.58. The van der Waals surface area contributed by atoms with Crippen LogP contribution in [0.1, 0.15) is 52.9 Å². The van der Waals surface area contributed by atoms with Crippen LogP contribution >= 0.6 is 0 Å². The Hall–Kier alpha value is -0.0800. The second-order valence-corrected chi connectivity index (χ2v) is 4.75. The Kier molecular flexibility index (Phi) is 4.90. The van der Waals surface area contributed by atoms with E-state index in [9.17, 15) is 0 Å². The fraction of sp³-hybridized carbons (Fsp3) is 1.00. The molecule has 1 rings (SSSR count). The molecule has 1 heterocycles. The average molecular weight is 200 g/mol. The zero-order chi connectivity index (χ0) is 10.4. The summed E-state index contributed by atoms with van der Waals surface area (Å²) in [5.41, 5.74) is 0.261. The van der Waals surface area contributed by atoms with Gasteiger partial charge in [0.25, 0.3) is 0 Å². The maximum Gasteiger partial charge on any atom is 0.157 e. The molecule has 0 N–H and O–H groups in total. The topological polar surface area (TPSA) is 18.5 Å². The van der Waals surface area contributed by atoms with Crippen molar-refractivity contribution in [1.29, 1.82) is 0 Å². The lowest BCUT2D eigenvalue weighted by atomic mass is 9.87. The summed E-state index contributed by atoms with van der Waals surface area (Å²) in [6, 6.07) is 0. The monoisotopic (exact) mass is 200 g/mol. The van der Waals surface area contributed by atoms with Gasteiger partial charge < -0.3 is 9.47 Å². The summed E-state index contributed by atoms with van der Waals surface area (Å²) >= 11 is 0. The molecule has 0 aliphatic carbocycles. The predicted octanol–water partition coefficient (Wildman–Crippen LogP) is 3.36. The Morgan fingerprint density at radius 3 is 2.29 bits per heavy atom. The Labute approximate surface area is 88.0 Å². The summed E-state index contributed by atoms with van der Waals surface area (Å²) in [7, 11) is 0. The van der Waals surface area contributed by atoms with Crippen LogP contribution in [-0.4, -0.2) is 19.5 Å². The fourth-order valence-corrected chi connectivity index (χ4v) is 1.96. The van der Waals surface area contributed by atoms with Gasteiger partial charge in [0.2, 0.25) is 0 Å². The summed E-state index contributed by atoms with van der Waals surface area (Å²) in [6.45, 7) is 8.41. The van der Waals surface area contributed by atoms with Crippen LogP contribution in [0.25, 0.3) is 0 Å². The summed E-state index contributed by atoms with van der Waals surface area (Å²) in [5, 5.41) is 0. The smallest absolute Gasteiger partial charge is 0.157 e. The minimum Gasteiger partial charge on any atom is -0.352 e. The Morgan fingerprint density at radius 1 is 1.14 bits per heavy atom. The highest BCUT2D eigenvalue weighted by Gasteiger charge is 2.31. The van der Waals surface area contributed by atoms with Gasteiger partial charge in [0, 0.05) is 5.41 Å². The third-order valence-corrected chi connectivity index (χ3v) is 2.88. The van der Waals surface area contributed by atoms with E-state index in [1.807, 2.05) is 0 Å². The van der Waals surface area contributed by atoms with E-state index >= 15 is 0 Å². The zero-order valence-corrected chi connectivity index (χ0v) is 9.84. The van der Waals surface area contributed by atoms with Crippen molar-refractivity contribution >= 4 is 0 Å². The SMILES string of the molecule is CCCCC1OCC(C)(CCC)CO1. The summed E-state index contributed by atoms with van der Waals surface area (Å²) < 4.78 is 11.5. The van der Waals surface area contributed by atoms with Crippen molar-refractivity contribution in [3.63, 3.8) is 0 Å². The number of ether oxygens (including phenoxy) is 2. The maximum absolute atomic E-state index is 5.73. The molecule has 0 aromatic rings. The van der Waals surface area contributed by atoms with Crippen molar-refractivity contribution in [3.8, 4) is 0 Å². The third-order valence-electron chi connectivity index (χ3n) is 2.88. The molecule has 0 radical (unpaired) electrons. The quantitative estimate of drug-likeness (QED) is 0.677. The van der Waals surface area contributed by atoms with Crippen LogP contribution in [0.4, 0.5) is 0 Å². The standard InChI is InChI=1S/C12H24O2/c1-4-6-7-11-13-9-12(3,8-5-2)10-14-11/h11H,4-10H2,1-3H3. The highest BCUT2D eigenvalue weighted by molar-refractivity contribution is 4.76. The summed E-state index contributed by atoms with van der Waals surface area (Å²) in [4.78, 5) is 0. The first kappa shape index (κ1) is 12.0. The van der Waals surface area contributed by atoms with Gasteiger partial charge in [-0.25, -0.2) is 0 Å². The molecule has 84 valence electrons. The Bertz CT molecular complexity index is 148. The second-order valence-electron chi connectivity index (χ2n) is 4.75. The van der Waals surface area contributed by atoms with E-state index in [-0.39, 0.29) is 11.7 Å². The second kappa shape index (κ2) is 5.72. The first-order valence-electron chi connectivity index (χ1n) is 5.93. The molecule has 1 aliphatic rings. The van der Waals surface area contributed by atoms with Gasteiger partial charge in [0.1, 0.15) is 0 Å². The molecule has 2 heteroatoms. The minimum absolute atomic E-state index is 0.0693. The average Bonchev–Trinajstić information content (AvgIpc) is 2.17. The predicted molar refractivity (Wildman–Crippen MR) is 58.2 cm³/mol. The van der Waals surface area contributed by atoms with Crippen LogP contribution in [0.5, 0.6) is 0 Å². The molecule has 0 spiro atoms. The lowest BCUT2D eigenvalue weighted by Gasteiger charge is -2.37. The molecule has 0 unspecified atom stereocenters. The molecule has 1 aliphatic heterocycles. The van der Waals surface area contributed by atoms with Crippen LogP contribution in [-0.2, 0) is 9.47 Å². The molecule has 1 saturated heterocycles. The van der Waals surface area contributed by atoms with E-state index in [4.69, 9.17) is 9.47 Å². The molecule has 0 aromatic carbocycles. The van der Waals surface area contributed by atoms with Crippen LogP contribution in [0, 0.1) is 5.41 Å². The van der Waals surface area contributed by atoms with Gasteiger partial charge in [-0.3, -0.25) is 0 Å². The van der Waals surface area contributed by atoms with Crippen molar-refractivity contribution < 1.29 is 9.47 Å². The minimum atomic E-state index is 0.0693. The molecule has 0 atom stereocenters. The number of hydrogen-bond acceptors (Lipinski definition) is 2. The molecule has 0 saturated carbocycles. The molecule has 14 heavy (non-hydrogen) atoms. The van der Waals surface area contributed by atoms with E-state index in [0.29, 0.717) is 0 Å². The molecule has 0 bridgehead atoms. The van der Waals surface area contributed by atoms with Gasteiger partial charge in [-0.05, 0) is 19.3 Å². The molecule has 0 amide bonds. The molecular weight excluding hydrogens is 176 g/mol. The lowest BCUT2D eigenvalue weighted by Crippen LogP contribution is -2.39. The van der Waals surface area contributed by atoms with Gasteiger partial charge in [0.15, 0.2) is 6.29 Å². The van der Waals surface area contributed by atoms with Gasteiger partial charge in [-0.2, -0.15) is 0 Å². The van der Waals surface area contributed by atoms with Gasteiger partial charge in [0.05, 0.1) is 13.2 Å². The van der Waals surface area contributed by atoms with Gasteiger partial charge in [-0.15, -0.1) is 0 Å². The maximum atomic E-state index is 5.73. The highest BCUT2D eigenvalue weighted by atomic mass is 16.7. The molecule has 0 aromatic heterocycles. The largest absolute Gasteiger partial charge is 0.352 e. The lowest BCUT2D eigenvalue weighted by molar-refractivity contribution is -0.229. The van der Waals surface area contributed by atoms with Crippen molar-refractivity contribution in [2.75, 3.05) is 13.2 Å². The molecule has 1 fully saturated rings. The van der Waals surface area contributed by atoms with Crippen molar-refractivity contribution in [2.45, 2.75) is 59.2 Å². The van der Waals surface area contributed by atoms with E-state index in [1.165, 1.54) is 25.7 Å². The van der Waals surface area contributed by atoms with Crippen molar-refractivity contribution in [3.05, 3.63) is 0 Å². The normalized spacial score (nSPS) is 33.2. The van der Waals surface area contributed by atoms with E-state index in [2.05, 4.69) is 20.8 Å². The molecule has 2 nitrogen and oxygen atoms in total. The van der Waals surface area contributed by atoms with E-state index in [0.717, 1.165) is 19.6 Å². The summed E-state index contributed by atoms with van der Waals surface area (Å²) in [5.74, 6) is 0. The Balaban J connectivity index is 2.23. The Morgan fingerprint density at radius 2 is 1.79 bits per heavy atom. The van der Waals surface area contributed by atoms with Gasteiger partial charge in [-0.1, -0.05) is 33.6 Å². The van der Waals surface area contributed by atoms with Crippen LogP contribution in [0.3, 0.4) is 0 Å². The fourth-order valence-electron chi connectivity index (χ4n) is 1.96. The number of unbranched alkanes of at least 4 members (excludes halogenated alkanes) is 1. The van der Waals surface area contributed by atoms with E-state index < -0.39 is 0 Å². The number of rotatable bonds is 5. The number of hydrogen-bond donors (Lipinski definition) is 0. The van der Waals surface area contributed by atoms with Crippen LogP contribution in [0.2, 0.25) is 0 Å². The molecular formula is C12H24O2. The van der Waals surface area contributed by atoms with Crippen molar-refractivity contribution in [1.82, 2.24) is 0 Å².